The Kier molecular flexibility index (Phi) is 12.0. The van der Waals surface area contributed by atoms with Gasteiger partial charge in [0.2, 0.25) is 5.91 Å². The average molecular weight is 603 g/mol. The van der Waals surface area contributed by atoms with Crippen LogP contribution >= 0.6 is 12.2 Å². The number of phenols is 1. The van der Waals surface area contributed by atoms with Gasteiger partial charge in [-0.15, -0.1) is 0 Å². The number of phenolic OH excluding ortho intramolecular Hbond substituents is 1. The molecule has 2 rings (SSSR count). The Labute approximate surface area is 259 Å². The lowest BCUT2D eigenvalue weighted by Gasteiger charge is -2.36. The monoisotopic (exact) mass is 602 g/mol. The topological polar surface area (TPSA) is 103 Å². The maximum absolute atomic E-state index is 13.3. The van der Waals surface area contributed by atoms with Crippen LogP contribution in [-0.2, 0) is 15.0 Å². The van der Waals surface area contributed by atoms with E-state index in [4.69, 9.17) is 21.9 Å². The molecular formula is C33H54N4O4S. The smallest absolute Gasteiger partial charge is 0.316 e. The number of ether oxygens (including phenoxy) is 1. The van der Waals surface area contributed by atoms with E-state index < -0.39 is 11.5 Å². The predicted octanol–water partition coefficient (Wildman–Crippen LogP) is 6.12. The zero-order chi connectivity index (χ0) is 32.0. The van der Waals surface area contributed by atoms with Gasteiger partial charge in [-0.25, -0.2) is 0 Å². The van der Waals surface area contributed by atoms with Gasteiger partial charge in [-0.3, -0.25) is 14.6 Å². The second-order valence-electron chi connectivity index (χ2n) is 14.5. The summed E-state index contributed by atoms with van der Waals surface area (Å²) >= 11 is 5.72. The Bertz CT molecular complexity index is 1140. The van der Waals surface area contributed by atoms with Gasteiger partial charge >= 0.3 is 5.97 Å². The summed E-state index contributed by atoms with van der Waals surface area (Å²) in [7, 11) is 0. The fourth-order valence-corrected chi connectivity index (χ4v) is 5.23. The van der Waals surface area contributed by atoms with E-state index in [-0.39, 0.29) is 40.5 Å². The molecule has 0 spiro atoms. The van der Waals surface area contributed by atoms with Gasteiger partial charge in [0, 0.05) is 30.4 Å². The molecule has 0 unspecified atom stereocenters. The van der Waals surface area contributed by atoms with Crippen molar-refractivity contribution < 1.29 is 19.4 Å². The number of nitrogens with zero attached hydrogens (tertiary/aromatic N) is 2. The molecule has 1 fully saturated rings. The number of nitrogens with one attached hydrogen (secondary N) is 2. The van der Waals surface area contributed by atoms with Crippen molar-refractivity contribution in [3.05, 3.63) is 23.3 Å². The number of carbonyl (C=O) groups is 2. The molecule has 0 aromatic heterocycles. The van der Waals surface area contributed by atoms with Crippen LogP contribution in [0.3, 0.4) is 0 Å². The van der Waals surface area contributed by atoms with Crippen LogP contribution in [0.4, 0.5) is 0 Å². The highest BCUT2D eigenvalue weighted by Crippen LogP contribution is 2.37. The number of hydrogen-bond acceptors (Lipinski definition) is 6. The zero-order valence-corrected chi connectivity index (χ0v) is 28.5. The molecule has 0 saturated heterocycles. The predicted molar refractivity (Wildman–Crippen MR) is 176 cm³/mol. The molecule has 1 amide bonds. The first-order valence-corrected chi connectivity index (χ1v) is 15.7. The Hall–Kier alpha value is -2.68. The van der Waals surface area contributed by atoms with Gasteiger partial charge in [0.1, 0.15) is 17.5 Å². The number of thiocarbonyl (C=S) groups is 1. The highest BCUT2D eigenvalue weighted by atomic mass is 32.1. The van der Waals surface area contributed by atoms with Crippen LogP contribution in [0.15, 0.2) is 17.1 Å². The summed E-state index contributed by atoms with van der Waals surface area (Å²) in [6, 6.07) is 2.83. The molecule has 8 nitrogen and oxygen atoms in total. The van der Waals surface area contributed by atoms with Crippen molar-refractivity contribution in [1.29, 1.82) is 0 Å². The molecule has 1 aliphatic carbocycles. The van der Waals surface area contributed by atoms with Crippen molar-refractivity contribution in [2.75, 3.05) is 13.1 Å². The van der Waals surface area contributed by atoms with E-state index >= 15 is 0 Å². The van der Waals surface area contributed by atoms with E-state index in [1.54, 1.807) is 18.3 Å². The fraction of sp³-hybridized carbons (Fsp3) is 0.697. The Morgan fingerprint density at radius 2 is 1.67 bits per heavy atom. The van der Waals surface area contributed by atoms with Crippen LogP contribution in [0.25, 0.3) is 0 Å². The van der Waals surface area contributed by atoms with Crippen LogP contribution in [0.2, 0.25) is 0 Å². The second kappa shape index (κ2) is 14.2. The summed E-state index contributed by atoms with van der Waals surface area (Å²) in [5.74, 6) is 0.199. The highest BCUT2D eigenvalue weighted by molar-refractivity contribution is 7.80. The molecular weight excluding hydrogens is 548 g/mol. The molecule has 9 heteroatoms. The molecule has 0 bridgehead atoms. The van der Waals surface area contributed by atoms with Gasteiger partial charge in [-0.2, -0.15) is 0 Å². The number of aromatic hydroxyl groups is 1. The molecule has 1 saturated carbocycles. The SMILES string of the molecule is CCN(CC)C(=O)[C@@H](NC(=S)N[C@@H]1CCCC[C@H]1N=Cc1cc(OC(=O)C(C)(C)C)cc(C(C)(C)C)c1O)C(C)(C)C. The number of carbonyl (C=O) groups excluding carboxylic acids is 2. The quantitative estimate of drug-likeness (QED) is 0.143. The van der Waals surface area contributed by atoms with Gasteiger partial charge in [0.05, 0.1) is 17.5 Å². The third kappa shape index (κ3) is 9.68. The van der Waals surface area contributed by atoms with Crippen molar-refractivity contribution in [1.82, 2.24) is 15.5 Å². The number of likely N-dealkylation sites (N-methyl/N-ethyl adjacent to an activating group) is 1. The Morgan fingerprint density at radius 3 is 2.19 bits per heavy atom. The van der Waals surface area contributed by atoms with Crippen LogP contribution in [0, 0.1) is 10.8 Å². The van der Waals surface area contributed by atoms with Gasteiger partial charge in [-0.1, -0.05) is 54.4 Å². The van der Waals surface area contributed by atoms with Crippen molar-refractivity contribution in [3.63, 3.8) is 0 Å². The minimum absolute atomic E-state index is 0.0229. The van der Waals surface area contributed by atoms with Crippen LogP contribution in [0.1, 0.15) is 113 Å². The maximum atomic E-state index is 13.3. The molecule has 1 aromatic carbocycles. The van der Waals surface area contributed by atoms with Crippen molar-refractivity contribution in [3.8, 4) is 11.5 Å². The summed E-state index contributed by atoms with van der Waals surface area (Å²) in [5, 5.41) is 18.4. The molecule has 42 heavy (non-hydrogen) atoms. The van der Waals surface area contributed by atoms with E-state index in [9.17, 15) is 14.7 Å². The van der Waals surface area contributed by atoms with Crippen molar-refractivity contribution >= 4 is 35.4 Å². The summed E-state index contributed by atoms with van der Waals surface area (Å²) in [4.78, 5) is 32.6. The van der Waals surface area contributed by atoms with Gasteiger partial charge in [-0.05, 0) is 82.6 Å². The second-order valence-corrected chi connectivity index (χ2v) is 14.9. The number of rotatable bonds is 8. The van der Waals surface area contributed by atoms with E-state index in [0.29, 0.717) is 35.1 Å². The summed E-state index contributed by atoms with van der Waals surface area (Å²) in [6.07, 6.45) is 5.51. The van der Waals surface area contributed by atoms with Gasteiger partial charge in [0.15, 0.2) is 5.11 Å². The lowest BCUT2D eigenvalue weighted by atomic mass is 9.85. The number of aliphatic imine (C=N–C) groups is 1. The number of esters is 1. The molecule has 0 aliphatic heterocycles. The minimum atomic E-state index is -0.663. The molecule has 1 aliphatic rings. The summed E-state index contributed by atoms with van der Waals surface area (Å²) < 4.78 is 5.71. The highest BCUT2D eigenvalue weighted by Gasteiger charge is 2.35. The Morgan fingerprint density at radius 1 is 1.07 bits per heavy atom. The summed E-state index contributed by atoms with van der Waals surface area (Å²) in [6.45, 7) is 22.8. The maximum Gasteiger partial charge on any atom is 0.316 e. The van der Waals surface area contributed by atoms with Crippen molar-refractivity contribution in [2.45, 2.75) is 125 Å². The zero-order valence-electron chi connectivity index (χ0n) is 27.7. The van der Waals surface area contributed by atoms with Crippen molar-refractivity contribution in [2.24, 2.45) is 15.8 Å². The lowest BCUT2D eigenvalue weighted by Crippen LogP contribution is -2.58. The minimum Gasteiger partial charge on any atom is -0.507 e. The average Bonchev–Trinajstić information content (AvgIpc) is 2.86. The largest absolute Gasteiger partial charge is 0.507 e. The molecule has 3 atom stereocenters. The number of hydrogen-bond donors (Lipinski definition) is 3. The van der Waals surface area contributed by atoms with Crippen LogP contribution in [0.5, 0.6) is 11.5 Å². The van der Waals surface area contributed by atoms with Gasteiger partial charge < -0.3 is 25.4 Å². The molecule has 236 valence electrons. The molecule has 0 radical (unpaired) electrons. The van der Waals surface area contributed by atoms with E-state index in [0.717, 1.165) is 25.7 Å². The third-order valence-corrected chi connectivity index (χ3v) is 7.89. The first kappa shape index (κ1) is 35.5. The Balaban J connectivity index is 2.31. The first-order chi connectivity index (χ1) is 19.3. The fourth-order valence-electron chi connectivity index (χ4n) is 4.96. The molecule has 3 N–H and O–H groups in total. The summed E-state index contributed by atoms with van der Waals surface area (Å²) in [5.41, 5.74) is -0.196. The number of benzene rings is 1. The van der Waals surface area contributed by atoms with E-state index in [2.05, 4.69) is 10.6 Å². The first-order valence-electron chi connectivity index (χ1n) is 15.3. The normalized spacial score (nSPS) is 18.8. The number of amides is 1. The van der Waals surface area contributed by atoms with Gasteiger partial charge in [0.25, 0.3) is 0 Å². The van der Waals surface area contributed by atoms with E-state index in [1.165, 1.54) is 0 Å². The van der Waals surface area contributed by atoms with Crippen LogP contribution in [-0.4, -0.2) is 64.4 Å². The molecule has 0 heterocycles. The lowest BCUT2D eigenvalue weighted by molar-refractivity contribution is -0.143. The molecule has 1 aromatic rings. The third-order valence-electron chi connectivity index (χ3n) is 7.66. The standard InChI is InChI=1S/C33H54N4O4S/c1-12-37(13-2)28(39)27(32(6,7)8)36-30(42)35-25-17-15-14-16-24(25)34-20-21-18-22(41-29(40)33(9,10)11)19-23(26(21)38)31(3,4)5/h18-20,24-25,27,38H,12-17H2,1-11H3,(H2,35,36,42)/t24-,25-,27-/m1/s1. The van der Waals surface area contributed by atoms with Crippen LogP contribution < -0.4 is 15.4 Å². The van der Waals surface area contributed by atoms with E-state index in [1.807, 2.05) is 81.1 Å².